The first kappa shape index (κ1) is 11.1. The number of rotatable bonds is 4. The fourth-order valence-electron chi connectivity index (χ4n) is 1.39. The molecule has 1 N–H and O–H groups in total. The van der Waals surface area contributed by atoms with Crippen LogP contribution in [0.4, 0.5) is 17.1 Å². The van der Waals surface area contributed by atoms with E-state index in [0.29, 0.717) is 5.69 Å². The Hall–Kier alpha value is -2.43. The summed E-state index contributed by atoms with van der Waals surface area (Å²) in [5, 5.41) is 5.99. The van der Waals surface area contributed by atoms with E-state index in [1.54, 1.807) is 19.4 Å². The summed E-state index contributed by atoms with van der Waals surface area (Å²) in [6, 6.07) is 9.07. The third-order valence-electron chi connectivity index (χ3n) is 2.27. The monoisotopic (exact) mass is 229 g/mol. The van der Waals surface area contributed by atoms with Gasteiger partial charge in [-0.1, -0.05) is 0 Å². The largest absolute Gasteiger partial charge is 0.497 e. The Labute approximate surface area is 98.4 Å². The smallest absolute Gasteiger partial charge is 0.149 e. The second kappa shape index (κ2) is 5.07. The van der Waals surface area contributed by atoms with Crippen molar-refractivity contribution in [3.05, 3.63) is 47.6 Å². The molecule has 0 aliphatic heterocycles. The van der Waals surface area contributed by atoms with Crippen LogP contribution in [0.25, 0.3) is 0 Å². The third kappa shape index (κ3) is 2.57. The Kier molecular flexibility index (Phi) is 3.30. The molecule has 0 aliphatic carbocycles. The van der Waals surface area contributed by atoms with Crippen molar-refractivity contribution in [3.8, 4) is 5.75 Å². The molecule has 1 aromatic carbocycles. The van der Waals surface area contributed by atoms with Crippen LogP contribution in [-0.2, 0) is 0 Å². The highest BCUT2D eigenvalue weighted by Gasteiger charge is 2.02. The van der Waals surface area contributed by atoms with Crippen molar-refractivity contribution in [2.45, 2.75) is 0 Å². The van der Waals surface area contributed by atoms with Crippen LogP contribution in [-0.4, -0.2) is 12.1 Å². The Bertz CT molecular complexity index is 511. The first-order valence-electron chi connectivity index (χ1n) is 5.02. The fraction of sp³-hybridized carbons (Fsp3) is 0.0833. The maximum absolute atomic E-state index is 10.6. The van der Waals surface area contributed by atoms with E-state index >= 15 is 0 Å². The quantitative estimate of drug-likeness (QED) is 0.817. The molecular weight excluding hydrogens is 218 g/mol. The van der Waals surface area contributed by atoms with E-state index in [0.717, 1.165) is 11.4 Å². The van der Waals surface area contributed by atoms with E-state index in [4.69, 9.17) is 4.74 Å². The van der Waals surface area contributed by atoms with Crippen molar-refractivity contribution in [2.75, 3.05) is 12.4 Å². The lowest BCUT2D eigenvalue weighted by atomic mass is 10.2. The minimum Gasteiger partial charge on any atom is -0.497 e. The van der Waals surface area contributed by atoms with Gasteiger partial charge in [0.15, 0.2) is 0 Å². The number of ether oxygens (including phenoxy) is 1. The highest BCUT2D eigenvalue weighted by atomic mass is 16.5. The zero-order valence-corrected chi connectivity index (χ0v) is 9.25. The normalized spacial score (nSPS) is 9.71. The van der Waals surface area contributed by atoms with Gasteiger partial charge in [-0.25, -0.2) is 0 Å². The maximum Gasteiger partial charge on any atom is 0.149 e. The molecule has 0 bridgehead atoms. The molecule has 17 heavy (non-hydrogen) atoms. The molecule has 0 saturated carbocycles. The molecule has 1 aromatic heterocycles. The molecule has 0 aliphatic rings. The lowest BCUT2D eigenvalue weighted by molar-refractivity contribution is 0.415. The highest BCUT2D eigenvalue weighted by Crippen LogP contribution is 2.27. The lowest BCUT2D eigenvalue weighted by Crippen LogP contribution is -1.91. The lowest BCUT2D eigenvalue weighted by Gasteiger charge is -2.07. The minimum absolute atomic E-state index is 0.281. The summed E-state index contributed by atoms with van der Waals surface area (Å²) in [6.45, 7) is 0. The standard InChI is InChI=1S/C12H11N3O2/c1-17-10-4-2-9(3-5-10)14-11-6-7-13-8-12(11)15-16/h2-8H,1H3,(H,13,14). The summed E-state index contributed by atoms with van der Waals surface area (Å²) in [5.74, 6) is 0.777. The van der Waals surface area contributed by atoms with Crippen LogP contribution in [0.15, 0.2) is 47.9 Å². The number of hydrogen-bond donors (Lipinski definition) is 1. The average Bonchev–Trinajstić information content (AvgIpc) is 2.40. The highest BCUT2D eigenvalue weighted by molar-refractivity contribution is 5.71. The molecule has 5 heteroatoms. The second-order valence-electron chi connectivity index (χ2n) is 3.34. The number of aromatic nitrogens is 1. The van der Waals surface area contributed by atoms with Crippen LogP contribution >= 0.6 is 0 Å². The molecule has 5 nitrogen and oxygen atoms in total. The van der Waals surface area contributed by atoms with Gasteiger partial charge in [-0.05, 0) is 35.5 Å². The summed E-state index contributed by atoms with van der Waals surface area (Å²) in [6.07, 6.45) is 3.01. The number of benzene rings is 1. The number of hydrogen-bond acceptors (Lipinski definition) is 5. The van der Waals surface area contributed by atoms with E-state index < -0.39 is 0 Å². The molecule has 2 aromatic rings. The first-order valence-corrected chi connectivity index (χ1v) is 5.02. The van der Waals surface area contributed by atoms with Crippen molar-refractivity contribution >= 4 is 17.1 Å². The van der Waals surface area contributed by atoms with Gasteiger partial charge in [-0.3, -0.25) is 4.98 Å². The molecule has 0 fully saturated rings. The van der Waals surface area contributed by atoms with Crippen LogP contribution in [0, 0.1) is 4.91 Å². The van der Waals surface area contributed by atoms with Gasteiger partial charge in [-0.2, -0.15) is 0 Å². The molecule has 0 atom stereocenters. The van der Waals surface area contributed by atoms with Crippen molar-refractivity contribution in [1.29, 1.82) is 0 Å². The van der Waals surface area contributed by atoms with Crippen molar-refractivity contribution < 1.29 is 4.74 Å². The maximum atomic E-state index is 10.6. The van der Waals surface area contributed by atoms with Crippen molar-refractivity contribution in [2.24, 2.45) is 5.18 Å². The molecule has 0 radical (unpaired) electrons. The number of nitroso groups, excluding NO2 is 1. The molecule has 0 amide bonds. The van der Waals surface area contributed by atoms with E-state index in [1.807, 2.05) is 24.3 Å². The summed E-state index contributed by atoms with van der Waals surface area (Å²) in [7, 11) is 1.61. The number of pyridine rings is 1. The molecule has 86 valence electrons. The van der Waals surface area contributed by atoms with Gasteiger partial charge in [-0.15, -0.1) is 4.91 Å². The second-order valence-corrected chi connectivity index (χ2v) is 3.34. The Morgan fingerprint density at radius 2 is 2.00 bits per heavy atom. The van der Waals surface area contributed by atoms with Crippen molar-refractivity contribution in [1.82, 2.24) is 4.98 Å². The van der Waals surface area contributed by atoms with Gasteiger partial charge >= 0.3 is 0 Å². The molecule has 0 unspecified atom stereocenters. The number of nitrogens with zero attached hydrogens (tertiary/aromatic N) is 2. The van der Waals surface area contributed by atoms with Crippen LogP contribution in [0.3, 0.4) is 0 Å². The number of nitrogens with one attached hydrogen (secondary N) is 1. The zero-order valence-electron chi connectivity index (χ0n) is 9.25. The predicted octanol–water partition coefficient (Wildman–Crippen LogP) is 3.23. The molecular formula is C12H11N3O2. The van der Waals surface area contributed by atoms with Gasteiger partial charge < -0.3 is 10.1 Å². The Morgan fingerprint density at radius 1 is 1.24 bits per heavy atom. The van der Waals surface area contributed by atoms with Gasteiger partial charge in [0.2, 0.25) is 0 Å². The van der Waals surface area contributed by atoms with Gasteiger partial charge in [0.05, 0.1) is 19.0 Å². The van der Waals surface area contributed by atoms with E-state index in [-0.39, 0.29) is 5.69 Å². The topological polar surface area (TPSA) is 63.6 Å². The van der Waals surface area contributed by atoms with Gasteiger partial charge in [0.1, 0.15) is 11.4 Å². The third-order valence-corrected chi connectivity index (χ3v) is 2.27. The van der Waals surface area contributed by atoms with Crippen LogP contribution in [0.5, 0.6) is 5.75 Å². The Balaban J connectivity index is 2.22. The molecule has 2 rings (SSSR count). The van der Waals surface area contributed by atoms with E-state index in [9.17, 15) is 4.91 Å². The molecule has 0 saturated heterocycles. The van der Waals surface area contributed by atoms with E-state index in [2.05, 4.69) is 15.5 Å². The summed E-state index contributed by atoms with van der Waals surface area (Å²) in [4.78, 5) is 14.4. The number of methoxy groups -OCH3 is 1. The van der Waals surface area contributed by atoms with Gasteiger partial charge in [0, 0.05) is 11.9 Å². The first-order chi connectivity index (χ1) is 8.33. The van der Waals surface area contributed by atoms with Crippen molar-refractivity contribution in [3.63, 3.8) is 0 Å². The minimum atomic E-state index is 0.281. The predicted molar refractivity (Wildman–Crippen MR) is 66.0 cm³/mol. The SMILES string of the molecule is COc1ccc(Nc2ccncc2N=O)cc1. The van der Waals surface area contributed by atoms with Gasteiger partial charge in [0.25, 0.3) is 0 Å². The van der Waals surface area contributed by atoms with E-state index in [1.165, 1.54) is 6.20 Å². The summed E-state index contributed by atoms with van der Waals surface area (Å²) in [5.41, 5.74) is 1.75. The summed E-state index contributed by atoms with van der Waals surface area (Å²) >= 11 is 0. The average molecular weight is 229 g/mol. The Morgan fingerprint density at radius 3 is 2.65 bits per heavy atom. The fourth-order valence-corrected chi connectivity index (χ4v) is 1.39. The van der Waals surface area contributed by atoms with Crippen LogP contribution in [0.2, 0.25) is 0 Å². The molecule has 1 heterocycles. The number of anilines is 2. The summed E-state index contributed by atoms with van der Waals surface area (Å²) < 4.78 is 5.06. The zero-order chi connectivity index (χ0) is 12.1. The van der Waals surface area contributed by atoms with Crippen LogP contribution in [0.1, 0.15) is 0 Å². The molecule has 0 spiro atoms. The van der Waals surface area contributed by atoms with Crippen LogP contribution < -0.4 is 10.1 Å².